The summed E-state index contributed by atoms with van der Waals surface area (Å²) in [6.45, 7) is 0.551. The second-order valence-corrected chi connectivity index (χ2v) is 6.37. The monoisotopic (exact) mass is 319 g/mol. The van der Waals surface area contributed by atoms with Crippen molar-refractivity contribution in [2.45, 2.75) is 37.3 Å². The van der Waals surface area contributed by atoms with Crippen molar-refractivity contribution < 1.29 is 24.2 Å². The molecule has 1 aromatic rings. The van der Waals surface area contributed by atoms with E-state index >= 15 is 0 Å². The zero-order valence-corrected chi connectivity index (χ0v) is 13.1. The maximum atomic E-state index is 12.4. The van der Waals surface area contributed by atoms with Crippen LogP contribution in [0.15, 0.2) is 24.3 Å². The van der Waals surface area contributed by atoms with Gasteiger partial charge >= 0.3 is 5.97 Å². The van der Waals surface area contributed by atoms with Crippen molar-refractivity contribution in [2.75, 3.05) is 13.7 Å². The fraction of sp³-hybridized carbons (Fsp3) is 0.529. The van der Waals surface area contributed by atoms with Crippen LogP contribution in [0.2, 0.25) is 0 Å². The molecule has 2 N–H and O–H groups in total. The summed E-state index contributed by atoms with van der Waals surface area (Å²) in [7, 11) is 1.56. The Hall–Kier alpha value is -2.08. The van der Waals surface area contributed by atoms with Crippen LogP contribution in [0.25, 0.3) is 0 Å². The summed E-state index contributed by atoms with van der Waals surface area (Å²) < 4.78 is 10.9. The first-order valence-electron chi connectivity index (χ1n) is 7.83. The smallest absolute Gasteiger partial charge is 0.306 e. The van der Waals surface area contributed by atoms with Crippen LogP contribution in [0.4, 0.5) is 0 Å². The number of carbonyl (C=O) groups excluding carboxylic acids is 1. The molecule has 1 unspecified atom stereocenters. The van der Waals surface area contributed by atoms with Gasteiger partial charge in [0.05, 0.1) is 18.6 Å². The van der Waals surface area contributed by atoms with Crippen molar-refractivity contribution in [2.24, 2.45) is 5.92 Å². The summed E-state index contributed by atoms with van der Waals surface area (Å²) in [4.78, 5) is 23.3. The van der Waals surface area contributed by atoms with Crippen molar-refractivity contribution in [1.82, 2.24) is 5.32 Å². The van der Waals surface area contributed by atoms with Crippen molar-refractivity contribution in [3.63, 3.8) is 0 Å². The van der Waals surface area contributed by atoms with Crippen LogP contribution in [-0.2, 0) is 9.53 Å². The summed E-state index contributed by atoms with van der Waals surface area (Å²) in [6, 6.07) is 7.03. The number of rotatable bonds is 4. The van der Waals surface area contributed by atoms with Crippen molar-refractivity contribution >= 4 is 11.9 Å². The van der Waals surface area contributed by atoms with Gasteiger partial charge in [0.25, 0.3) is 5.91 Å². The molecule has 1 aliphatic carbocycles. The fourth-order valence-electron chi connectivity index (χ4n) is 3.48. The lowest BCUT2D eigenvalue weighted by Gasteiger charge is -2.50. The number of hydrogen-bond donors (Lipinski definition) is 2. The summed E-state index contributed by atoms with van der Waals surface area (Å²) in [5, 5.41) is 12.1. The highest BCUT2D eigenvalue weighted by Gasteiger charge is 2.51. The van der Waals surface area contributed by atoms with Gasteiger partial charge in [0.1, 0.15) is 5.75 Å². The van der Waals surface area contributed by atoms with Crippen LogP contribution in [0, 0.1) is 5.92 Å². The molecule has 1 heterocycles. The van der Waals surface area contributed by atoms with E-state index in [4.69, 9.17) is 14.6 Å². The molecule has 1 aromatic carbocycles. The van der Waals surface area contributed by atoms with Crippen LogP contribution in [0.5, 0.6) is 5.75 Å². The predicted molar refractivity (Wildman–Crippen MR) is 82.5 cm³/mol. The highest BCUT2D eigenvalue weighted by molar-refractivity contribution is 5.94. The average molecular weight is 319 g/mol. The predicted octanol–water partition coefficient (Wildman–Crippen LogP) is 1.84. The molecule has 1 spiro atoms. The van der Waals surface area contributed by atoms with E-state index in [1.165, 1.54) is 0 Å². The maximum Gasteiger partial charge on any atom is 0.306 e. The molecule has 124 valence electrons. The molecule has 1 saturated heterocycles. The number of carboxylic acids is 1. The van der Waals surface area contributed by atoms with Crippen molar-refractivity contribution in [3.8, 4) is 5.75 Å². The van der Waals surface area contributed by atoms with Crippen LogP contribution in [-0.4, -0.2) is 42.3 Å². The molecule has 6 nitrogen and oxygen atoms in total. The minimum atomic E-state index is -0.762. The SMILES string of the molecule is COc1cccc(C(=O)NC2CCOC3(C2)CC(C(=O)O)C3)c1. The first kappa shape index (κ1) is 15.8. The lowest BCUT2D eigenvalue weighted by Crippen LogP contribution is -2.56. The molecule has 0 radical (unpaired) electrons. The number of aliphatic carboxylic acids is 1. The highest BCUT2D eigenvalue weighted by atomic mass is 16.5. The number of benzene rings is 1. The van der Waals surface area contributed by atoms with Gasteiger partial charge in [-0.3, -0.25) is 9.59 Å². The Morgan fingerprint density at radius 3 is 2.83 bits per heavy atom. The Balaban J connectivity index is 1.59. The van der Waals surface area contributed by atoms with Gasteiger partial charge in [0.15, 0.2) is 0 Å². The van der Waals surface area contributed by atoms with E-state index in [1.54, 1.807) is 31.4 Å². The Bertz CT molecular complexity index is 609. The molecule has 1 atom stereocenters. The first-order valence-corrected chi connectivity index (χ1v) is 7.83. The second kappa shape index (κ2) is 6.20. The molecule has 6 heteroatoms. The summed E-state index contributed by atoms with van der Waals surface area (Å²) in [6.07, 6.45) is 2.49. The van der Waals surface area contributed by atoms with Gasteiger partial charge in [0, 0.05) is 18.2 Å². The molecule has 23 heavy (non-hydrogen) atoms. The van der Waals surface area contributed by atoms with E-state index < -0.39 is 5.97 Å². The van der Waals surface area contributed by atoms with Gasteiger partial charge in [-0.2, -0.15) is 0 Å². The van der Waals surface area contributed by atoms with Gasteiger partial charge in [0.2, 0.25) is 0 Å². The van der Waals surface area contributed by atoms with Crippen LogP contribution in [0.3, 0.4) is 0 Å². The average Bonchev–Trinajstić information content (AvgIpc) is 2.52. The van der Waals surface area contributed by atoms with Crippen LogP contribution < -0.4 is 10.1 Å². The number of nitrogens with one attached hydrogen (secondary N) is 1. The molecule has 2 aliphatic rings. The highest BCUT2D eigenvalue weighted by Crippen LogP contribution is 2.46. The van der Waals surface area contributed by atoms with E-state index in [-0.39, 0.29) is 23.5 Å². The van der Waals surface area contributed by atoms with Gasteiger partial charge < -0.3 is 19.9 Å². The minimum Gasteiger partial charge on any atom is -0.497 e. The second-order valence-electron chi connectivity index (χ2n) is 6.37. The fourth-order valence-corrected chi connectivity index (χ4v) is 3.48. The number of amides is 1. The number of carboxylic acid groups (broad SMARTS) is 1. The van der Waals surface area contributed by atoms with E-state index in [0.29, 0.717) is 37.2 Å². The third-order valence-electron chi connectivity index (χ3n) is 4.75. The lowest BCUT2D eigenvalue weighted by atomic mass is 9.66. The number of ether oxygens (including phenoxy) is 2. The minimum absolute atomic E-state index is 0.0113. The summed E-state index contributed by atoms with van der Waals surface area (Å²) in [5.74, 6) is -0.575. The number of methoxy groups -OCH3 is 1. The standard InChI is InChI=1S/C17H21NO5/c1-22-14-4-2-3-11(7-14)15(19)18-13-5-6-23-17(10-13)8-12(9-17)16(20)21/h2-4,7,12-13H,5-6,8-10H2,1H3,(H,18,19)(H,20,21). The molecule has 1 saturated carbocycles. The van der Waals surface area contributed by atoms with Gasteiger partial charge in [-0.1, -0.05) is 6.07 Å². The quantitative estimate of drug-likeness (QED) is 0.884. The molecule has 1 amide bonds. The molecular formula is C17H21NO5. The molecule has 1 aliphatic heterocycles. The van der Waals surface area contributed by atoms with E-state index in [9.17, 15) is 9.59 Å². The number of carbonyl (C=O) groups is 2. The van der Waals surface area contributed by atoms with E-state index in [1.807, 2.05) is 0 Å². The normalized spacial score (nSPS) is 29.6. The van der Waals surface area contributed by atoms with Gasteiger partial charge in [-0.15, -0.1) is 0 Å². The molecule has 0 bridgehead atoms. The largest absolute Gasteiger partial charge is 0.497 e. The number of hydrogen-bond acceptors (Lipinski definition) is 4. The Labute approximate surface area is 134 Å². The van der Waals surface area contributed by atoms with Gasteiger partial charge in [-0.05, 0) is 43.9 Å². The van der Waals surface area contributed by atoms with Crippen LogP contribution in [0.1, 0.15) is 36.0 Å². The molecule has 0 aromatic heterocycles. The topological polar surface area (TPSA) is 84.9 Å². The Morgan fingerprint density at radius 2 is 2.13 bits per heavy atom. The molecular weight excluding hydrogens is 298 g/mol. The molecule has 3 rings (SSSR count). The zero-order chi connectivity index (χ0) is 16.4. The Morgan fingerprint density at radius 1 is 1.35 bits per heavy atom. The van der Waals surface area contributed by atoms with Crippen molar-refractivity contribution in [1.29, 1.82) is 0 Å². The van der Waals surface area contributed by atoms with Crippen LogP contribution >= 0.6 is 0 Å². The van der Waals surface area contributed by atoms with Gasteiger partial charge in [-0.25, -0.2) is 0 Å². The third-order valence-corrected chi connectivity index (χ3v) is 4.75. The summed E-state index contributed by atoms with van der Waals surface area (Å²) >= 11 is 0. The lowest BCUT2D eigenvalue weighted by molar-refractivity contribution is -0.181. The maximum absolute atomic E-state index is 12.4. The van der Waals surface area contributed by atoms with E-state index in [2.05, 4.69) is 5.32 Å². The third kappa shape index (κ3) is 3.32. The first-order chi connectivity index (χ1) is 11.0. The van der Waals surface area contributed by atoms with Crippen molar-refractivity contribution in [3.05, 3.63) is 29.8 Å². The zero-order valence-electron chi connectivity index (χ0n) is 13.1. The summed E-state index contributed by atoms with van der Waals surface area (Å²) in [5.41, 5.74) is 0.190. The molecule has 2 fully saturated rings. The Kier molecular flexibility index (Phi) is 4.26. The van der Waals surface area contributed by atoms with E-state index in [0.717, 1.165) is 6.42 Å².